The predicted octanol–water partition coefficient (Wildman–Crippen LogP) is 4.85. The van der Waals surface area contributed by atoms with Gasteiger partial charge in [-0.3, -0.25) is 0 Å². The van der Waals surface area contributed by atoms with Crippen molar-refractivity contribution in [3.05, 3.63) is 29.5 Å². The van der Waals surface area contributed by atoms with Crippen LogP contribution in [0.4, 0.5) is 27.9 Å². The molecule has 1 aliphatic heterocycles. The molecule has 0 spiro atoms. The van der Waals surface area contributed by atoms with Crippen molar-refractivity contribution >= 4 is 28.9 Å². The van der Waals surface area contributed by atoms with Crippen LogP contribution in [0.15, 0.2) is 12.3 Å². The van der Waals surface area contributed by atoms with Gasteiger partial charge in [0.15, 0.2) is 23.0 Å². The second-order valence-corrected chi connectivity index (χ2v) is 9.75. The molecule has 190 valence electrons. The van der Waals surface area contributed by atoms with E-state index in [0.717, 1.165) is 19.5 Å². The molecule has 13 heteroatoms. The van der Waals surface area contributed by atoms with Crippen molar-refractivity contribution < 1.29 is 27.1 Å². The number of phenols is 1. The fraction of sp³-hybridized carbons (Fsp3) is 0.500. The normalized spacial score (nSPS) is 17.7. The molecule has 1 N–H and O–H groups in total. The number of nitrogens with zero attached hydrogens (tertiary/aromatic N) is 6. The molecule has 0 amide bonds. The minimum absolute atomic E-state index is 0.155. The highest BCUT2D eigenvalue weighted by Crippen LogP contribution is 2.41. The summed E-state index contributed by atoms with van der Waals surface area (Å²) in [6.45, 7) is 6.57. The molecule has 4 rings (SSSR count). The Morgan fingerprint density at radius 3 is 2.54 bits per heavy atom. The van der Waals surface area contributed by atoms with E-state index in [0.29, 0.717) is 24.5 Å². The third-order valence-electron chi connectivity index (χ3n) is 6.01. The van der Waals surface area contributed by atoms with E-state index < -0.39 is 34.7 Å². The second kappa shape index (κ2) is 9.41. The number of fused-ring (bicyclic) bond motifs is 1. The van der Waals surface area contributed by atoms with Gasteiger partial charge in [-0.05, 0) is 24.7 Å². The summed E-state index contributed by atoms with van der Waals surface area (Å²) in [5.74, 6) is -4.44. The first kappa shape index (κ1) is 25.4. The first-order chi connectivity index (χ1) is 16.4. The van der Waals surface area contributed by atoms with Crippen LogP contribution in [0.1, 0.15) is 25.8 Å². The molecule has 0 radical (unpaired) electrons. The zero-order chi connectivity index (χ0) is 25.7. The summed E-state index contributed by atoms with van der Waals surface area (Å²) in [6.07, 6.45) is -0.823. The highest BCUT2D eigenvalue weighted by molar-refractivity contribution is 7.96. The maximum absolute atomic E-state index is 14.7. The Hall–Kier alpha value is -2.67. The molecule has 7 nitrogen and oxygen atoms in total. The quantitative estimate of drug-likeness (QED) is 0.384. The van der Waals surface area contributed by atoms with Crippen molar-refractivity contribution in [2.45, 2.75) is 32.5 Å². The average molecular weight is 517 g/mol. The second-order valence-electron chi connectivity index (χ2n) is 8.87. The molecule has 0 aliphatic carbocycles. The number of benzene rings is 1. The molecule has 35 heavy (non-hydrogen) atoms. The number of aryl methyl sites for hydroxylation is 1. The van der Waals surface area contributed by atoms with E-state index in [-0.39, 0.29) is 22.8 Å². The fourth-order valence-corrected chi connectivity index (χ4v) is 4.95. The number of rotatable bonds is 5. The van der Waals surface area contributed by atoms with E-state index >= 15 is 0 Å². The number of phenolic OH excluding ortho intramolecular Hbond substituents is 1. The van der Waals surface area contributed by atoms with Gasteiger partial charge in [0.1, 0.15) is 5.69 Å². The van der Waals surface area contributed by atoms with Gasteiger partial charge in [0.05, 0.1) is 10.9 Å². The van der Waals surface area contributed by atoms with Crippen molar-refractivity contribution in [1.82, 2.24) is 24.1 Å². The maximum Gasteiger partial charge on any atom is 0.419 e. The SMILES string of the molecule is CSN1CCN(c2ncc3c(-c4cc(C(F)(F)F)c(F)c(O)c4F)nn(C)c3n2)C(CC(C)C)C1. The van der Waals surface area contributed by atoms with Crippen molar-refractivity contribution in [1.29, 1.82) is 0 Å². The minimum Gasteiger partial charge on any atom is -0.503 e. The summed E-state index contributed by atoms with van der Waals surface area (Å²) in [4.78, 5) is 11.1. The van der Waals surface area contributed by atoms with Gasteiger partial charge < -0.3 is 10.0 Å². The van der Waals surface area contributed by atoms with Crippen LogP contribution in [0, 0.1) is 17.6 Å². The lowest BCUT2D eigenvalue weighted by molar-refractivity contribution is -0.140. The molecule has 2 aromatic heterocycles. The Balaban J connectivity index is 1.80. The van der Waals surface area contributed by atoms with Gasteiger partial charge in [-0.25, -0.2) is 22.8 Å². The van der Waals surface area contributed by atoms with Crippen LogP contribution in [-0.2, 0) is 13.2 Å². The number of aromatic nitrogens is 4. The predicted molar refractivity (Wildman–Crippen MR) is 124 cm³/mol. The molecule has 1 saturated heterocycles. The third-order valence-corrected chi connectivity index (χ3v) is 6.86. The van der Waals surface area contributed by atoms with Gasteiger partial charge in [0, 0.05) is 44.5 Å². The van der Waals surface area contributed by atoms with Gasteiger partial charge in [-0.15, -0.1) is 0 Å². The number of anilines is 1. The van der Waals surface area contributed by atoms with Crippen LogP contribution in [-0.4, -0.2) is 61.1 Å². The fourth-order valence-electron chi connectivity index (χ4n) is 4.37. The topological polar surface area (TPSA) is 70.3 Å². The Morgan fingerprint density at radius 2 is 1.91 bits per heavy atom. The van der Waals surface area contributed by atoms with Crippen molar-refractivity contribution in [2.24, 2.45) is 13.0 Å². The minimum atomic E-state index is -5.14. The van der Waals surface area contributed by atoms with E-state index in [1.807, 2.05) is 6.26 Å². The maximum atomic E-state index is 14.7. The summed E-state index contributed by atoms with van der Waals surface area (Å²) >= 11 is 1.68. The van der Waals surface area contributed by atoms with Gasteiger partial charge in [0.25, 0.3) is 0 Å². The standard InChI is InChI=1S/C22H25F5N6OS/c1-11(2)7-12-10-32(35-4)5-6-33(12)21-28-9-14-18(30-31(3)20(14)29-21)13-8-15(22(25,26)27)17(24)19(34)16(13)23/h8-9,11-12,34H,5-7,10H2,1-4H3. The lowest BCUT2D eigenvalue weighted by atomic mass is 10.0. The Bertz CT molecular complexity index is 1250. The monoisotopic (exact) mass is 516 g/mol. The lowest BCUT2D eigenvalue weighted by Gasteiger charge is -2.41. The highest BCUT2D eigenvalue weighted by atomic mass is 32.2. The van der Waals surface area contributed by atoms with E-state index in [1.165, 1.54) is 17.9 Å². The first-order valence-corrected chi connectivity index (χ1v) is 12.1. The Labute approximate surface area is 203 Å². The summed E-state index contributed by atoms with van der Waals surface area (Å²) < 4.78 is 72.1. The van der Waals surface area contributed by atoms with Gasteiger partial charge in [-0.1, -0.05) is 25.8 Å². The number of alkyl halides is 3. The zero-order valence-corrected chi connectivity index (χ0v) is 20.4. The smallest absolute Gasteiger partial charge is 0.419 e. The summed E-state index contributed by atoms with van der Waals surface area (Å²) in [6, 6.07) is 0.461. The molecule has 1 unspecified atom stereocenters. The molecule has 1 fully saturated rings. The summed E-state index contributed by atoms with van der Waals surface area (Å²) in [5.41, 5.74) is -2.42. The number of hydrogen-bond donors (Lipinski definition) is 1. The summed E-state index contributed by atoms with van der Waals surface area (Å²) in [5, 5.41) is 14.0. The van der Waals surface area contributed by atoms with Crippen molar-refractivity contribution in [2.75, 3.05) is 30.8 Å². The van der Waals surface area contributed by atoms with Crippen molar-refractivity contribution in [3.8, 4) is 17.0 Å². The number of piperazine rings is 1. The number of aromatic hydroxyl groups is 1. The highest BCUT2D eigenvalue weighted by Gasteiger charge is 2.38. The van der Waals surface area contributed by atoms with Crippen LogP contribution in [0.5, 0.6) is 5.75 Å². The Morgan fingerprint density at radius 1 is 1.20 bits per heavy atom. The van der Waals surface area contributed by atoms with E-state index in [4.69, 9.17) is 0 Å². The van der Waals surface area contributed by atoms with E-state index in [1.54, 1.807) is 11.9 Å². The van der Waals surface area contributed by atoms with Gasteiger partial charge >= 0.3 is 6.18 Å². The molecule has 3 aromatic rings. The molecular formula is C22H25F5N6OS. The molecular weight excluding hydrogens is 491 g/mol. The molecule has 1 aromatic carbocycles. The molecule has 1 aliphatic rings. The van der Waals surface area contributed by atoms with E-state index in [2.05, 4.69) is 38.1 Å². The molecule has 1 atom stereocenters. The lowest BCUT2D eigenvalue weighted by Crippen LogP contribution is -2.52. The number of hydrogen-bond acceptors (Lipinski definition) is 7. The van der Waals surface area contributed by atoms with Crippen LogP contribution in [0.25, 0.3) is 22.3 Å². The Kier molecular flexibility index (Phi) is 6.84. The van der Waals surface area contributed by atoms with Crippen LogP contribution >= 0.6 is 11.9 Å². The van der Waals surface area contributed by atoms with Crippen LogP contribution in [0.2, 0.25) is 0 Å². The molecule has 0 saturated carbocycles. The zero-order valence-electron chi connectivity index (χ0n) is 19.6. The molecule has 3 heterocycles. The van der Waals surface area contributed by atoms with Crippen LogP contribution < -0.4 is 4.90 Å². The van der Waals surface area contributed by atoms with Crippen LogP contribution in [0.3, 0.4) is 0 Å². The molecule has 0 bridgehead atoms. The first-order valence-electron chi connectivity index (χ1n) is 11.0. The largest absolute Gasteiger partial charge is 0.503 e. The average Bonchev–Trinajstić information content (AvgIpc) is 3.12. The third kappa shape index (κ3) is 4.75. The summed E-state index contributed by atoms with van der Waals surface area (Å²) in [7, 11) is 1.52. The van der Waals surface area contributed by atoms with Crippen molar-refractivity contribution in [3.63, 3.8) is 0 Å². The van der Waals surface area contributed by atoms with Gasteiger partial charge in [0.2, 0.25) is 5.95 Å². The number of halogens is 5. The van der Waals surface area contributed by atoms with E-state index in [9.17, 15) is 27.1 Å². The van der Waals surface area contributed by atoms with Gasteiger partial charge in [-0.2, -0.15) is 23.3 Å².